The molecular formula is C20H18Cl2N4O2S. The number of anilines is 1. The first-order valence-electron chi connectivity index (χ1n) is 8.84. The molecule has 2 N–H and O–H groups in total. The Morgan fingerprint density at radius 1 is 1.07 bits per heavy atom. The molecule has 2 heterocycles. The van der Waals surface area contributed by atoms with Crippen LogP contribution in [0, 0.1) is 0 Å². The normalized spacial score (nSPS) is 10.6. The molecular weight excluding hydrogens is 431 g/mol. The summed E-state index contributed by atoms with van der Waals surface area (Å²) in [6, 6.07) is 11.0. The lowest BCUT2D eigenvalue weighted by atomic mass is 10.1. The van der Waals surface area contributed by atoms with Crippen molar-refractivity contribution in [2.75, 3.05) is 11.9 Å². The number of hydrogen-bond acceptors (Lipinski definition) is 5. The fraction of sp³-hybridized carbons (Fsp3) is 0.200. The van der Waals surface area contributed by atoms with E-state index >= 15 is 0 Å². The largest absolute Gasteiger partial charge is 0.356 e. The maximum atomic E-state index is 12.4. The number of amides is 2. The molecule has 0 unspecified atom stereocenters. The van der Waals surface area contributed by atoms with E-state index in [0.717, 1.165) is 24.1 Å². The van der Waals surface area contributed by atoms with E-state index in [2.05, 4.69) is 20.6 Å². The zero-order valence-corrected chi connectivity index (χ0v) is 17.9. The molecule has 2 aromatic heterocycles. The molecule has 0 aliphatic carbocycles. The van der Waals surface area contributed by atoms with Crippen LogP contribution < -0.4 is 10.6 Å². The van der Waals surface area contributed by atoms with Gasteiger partial charge in [0, 0.05) is 30.0 Å². The number of thiazole rings is 1. The van der Waals surface area contributed by atoms with Gasteiger partial charge in [-0.05, 0) is 30.5 Å². The Hall–Kier alpha value is -2.48. The third-order valence-corrected chi connectivity index (χ3v) is 5.16. The van der Waals surface area contributed by atoms with E-state index in [1.165, 1.54) is 36.0 Å². The van der Waals surface area contributed by atoms with E-state index in [9.17, 15) is 9.59 Å². The van der Waals surface area contributed by atoms with Crippen molar-refractivity contribution in [2.45, 2.75) is 19.8 Å². The molecule has 0 aliphatic heterocycles. The van der Waals surface area contributed by atoms with Gasteiger partial charge in [-0.3, -0.25) is 14.9 Å². The van der Waals surface area contributed by atoms with E-state index < -0.39 is 0 Å². The minimum atomic E-state index is -0.355. The summed E-state index contributed by atoms with van der Waals surface area (Å²) in [7, 11) is 0. The minimum absolute atomic E-state index is 0.0121. The lowest BCUT2D eigenvalue weighted by molar-refractivity contribution is -0.118. The SMILES string of the molecule is CC(=O)NCCCc1ccc(-c2csc(NC(=O)c3cc(Cl)nc(Cl)c3)n2)cc1. The Kier molecular flexibility index (Phi) is 7.19. The standard InChI is InChI=1S/C20H18Cl2N4O2S/c1-12(27)23-8-2-3-13-4-6-14(7-5-13)16-11-29-20(24-16)26-19(28)15-9-17(21)25-18(22)10-15/h4-7,9-11H,2-3,8H2,1H3,(H,23,27)(H,24,26,28). The highest BCUT2D eigenvalue weighted by Crippen LogP contribution is 2.26. The Bertz CT molecular complexity index is 1000. The van der Waals surface area contributed by atoms with Crippen molar-refractivity contribution in [3.8, 4) is 11.3 Å². The predicted octanol–water partition coefficient (Wildman–Crippen LogP) is 4.83. The van der Waals surface area contributed by atoms with E-state index in [1.54, 1.807) is 0 Å². The zero-order chi connectivity index (χ0) is 20.8. The van der Waals surface area contributed by atoms with Gasteiger partial charge in [0.05, 0.1) is 5.69 Å². The van der Waals surface area contributed by atoms with Crippen molar-refractivity contribution in [1.82, 2.24) is 15.3 Å². The fourth-order valence-electron chi connectivity index (χ4n) is 2.63. The summed E-state index contributed by atoms with van der Waals surface area (Å²) < 4.78 is 0. The molecule has 2 amide bonds. The molecule has 0 atom stereocenters. The maximum Gasteiger partial charge on any atom is 0.257 e. The molecule has 3 aromatic rings. The van der Waals surface area contributed by atoms with Crippen LogP contribution in [0.5, 0.6) is 0 Å². The van der Waals surface area contributed by atoms with Crippen LogP contribution in [0.3, 0.4) is 0 Å². The predicted molar refractivity (Wildman–Crippen MR) is 117 cm³/mol. The van der Waals surface area contributed by atoms with Gasteiger partial charge in [0.2, 0.25) is 5.91 Å². The van der Waals surface area contributed by atoms with Crippen molar-refractivity contribution in [1.29, 1.82) is 0 Å². The second-order valence-electron chi connectivity index (χ2n) is 6.28. The van der Waals surface area contributed by atoms with Crippen LogP contribution in [-0.2, 0) is 11.2 Å². The molecule has 0 aliphatic rings. The average molecular weight is 449 g/mol. The highest BCUT2D eigenvalue weighted by Gasteiger charge is 2.12. The van der Waals surface area contributed by atoms with E-state index in [-0.39, 0.29) is 22.1 Å². The third kappa shape index (κ3) is 6.25. The molecule has 6 nitrogen and oxygen atoms in total. The van der Waals surface area contributed by atoms with Crippen LogP contribution in [0.25, 0.3) is 11.3 Å². The second-order valence-corrected chi connectivity index (χ2v) is 7.91. The summed E-state index contributed by atoms with van der Waals surface area (Å²) >= 11 is 13.0. The van der Waals surface area contributed by atoms with Crippen molar-refractivity contribution in [3.05, 3.63) is 63.2 Å². The molecule has 0 radical (unpaired) electrons. The molecule has 9 heteroatoms. The molecule has 0 fully saturated rings. The molecule has 0 saturated heterocycles. The van der Waals surface area contributed by atoms with Gasteiger partial charge in [-0.1, -0.05) is 47.5 Å². The first-order chi connectivity index (χ1) is 13.9. The van der Waals surface area contributed by atoms with Gasteiger partial charge in [-0.2, -0.15) is 0 Å². The molecule has 0 bridgehead atoms. The summed E-state index contributed by atoms with van der Waals surface area (Å²) in [5.41, 5.74) is 3.24. The zero-order valence-electron chi connectivity index (χ0n) is 15.5. The highest BCUT2D eigenvalue weighted by atomic mass is 35.5. The number of aromatic nitrogens is 2. The van der Waals surface area contributed by atoms with E-state index in [0.29, 0.717) is 17.2 Å². The number of rotatable bonds is 7. The number of carbonyl (C=O) groups is 2. The van der Waals surface area contributed by atoms with Crippen LogP contribution >= 0.6 is 34.5 Å². The monoisotopic (exact) mass is 448 g/mol. The summed E-state index contributed by atoms with van der Waals surface area (Å²) in [5.74, 6) is -0.367. The summed E-state index contributed by atoms with van der Waals surface area (Å²) in [4.78, 5) is 31.5. The Morgan fingerprint density at radius 3 is 2.41 bits per heavy atom. The Morgan fingerprint density at radius 2 is 1.76 bits per heavy atom. The first-order valence-corrected chi connectivity index (χ1v) is 10.5. The topological polar surface area (TPSA) is 84.0 Å². The van der Waals surface area contributed by atoms with Crippen molar-refractivity contribution >= 4 is 51.5 Å². The van der Waals surface area contributed by atoms with Crippen LogP contribution in [-0.4, -0.2) is 28.3 Å². The number of pyridine rings is 1. The molecule has 150 valence electrons. The van der Waals surface area contributed by atoms with E-state index in [1.807, 2.05) is 29.6 Å². The van der Waals surface area contributed by atoms with Gasteiger partial charge < -0.3 is 5.32 Å². The molecule has 0 saturated carbocycles. The number of aryl methyl sites for hydroxylation is 1. The lowest BCUT2D eigenvalue weighted by Gasteiger charge is -2.04. The smallest absolute Gasteiger partial charge is 0.257 e. The summed E-state index contributed by atoms with van der Waals surface area (Å²) in [6.45, 7) is 2.18. The number of halogens is 2. The number of nitrogens with zero attached hydrogens (tertiary/aromatic N) is 2. The van der Waals surface area contributed by atoms with Gasteiger partial charge >= 0.3 is 0 Å². The Balaban J connectivity index is 1.60. The third-order valence-electron chi connectivity index (χ3n) is 4.02. The summed E-state index contributed by atoms with van der Waals surface area (Å²) in [6.07, 6.45) is 1.77. The van der Waals surface area contributed by atoms with Crippen LogP contribution in [0.1, 0.15) is 29.3 Å². The van der Waals surface area contributed by atoms with Crippen molar-refractivity contribution in [3.63, 3.8) is 0 Å². The minimum Gasteiger partial charge on any atom is -0.356 e. The van der Waals surface area contributed by atoms with Crippen LogP contribution in [0.4, 0.5) is 5.13 Å². The van der Waals surface area contributed by atoms with Gasteiger partial charge in [0.25, 0.3) is 5.91 Å². The van der Waals surface area contributed by atoms with Crippen molar-refractivity contribution in [2.24, 2.45) is 0 Å². The molecule has 3 rings (SSSR count). The molecule has 29 heavy (non-hydrogen) atoms. The number of hydrogen-bond donors (Lipinski definition) is 2. The molecule has 0 spiro atoms. The highest BCUT2D eigenvalue weighted by molar-refractivity contribution is 7.14. The first kappa shape index (κ1) is 21.2. The number of nitrogens with one attached hydrogen (secondary N) is 2. The van der Waals surface area contributed by atoms with E-state index in [4.69, 9.17) is 23.2 Å². The quantitative estimate of drug-likeness (QED) is 0.400. The van der Waals surface area contributed by atoms with Gasteiger partial charge in [-0.25, -0.2) is 9.97 Å². The Labute approximate surface area is 182 Å². The average Bonchev–Trinajstić information content (AvgIpc) is 3.13. The number of benzene rings is 1. The van der Waals surface area contributed by atoms with Gasteiger partial charge in [0.15, 0.2) is 5.13 Å². The van der Waals surface area contributed by atoms with Crippen LogP contribution in [0.15, 0.2) is 41.8 Å². The lowest BCUT2D eigenvalue weighted by Crippen LogP contribution is -2.21. The fourth-order valence-corrected chi connectivity index (χ4v) is 3.80. The van der Waals surface area contributed by atoms with Crippen LogP contribution in [0.2, 0.25) is 10.3 Å². The van der Waals surface area contributed by atoms with Gasteiger partial charge in [-0.15, -0.1) is 11.3 Å². The second kappa shape index (κ2) is 9.82. The maximum absolute atomic E-state index is 12.4. The molecule has 1 aromatic carbocycles. The summed E-state index contributed by atoms with van der Waals surface area (Å²) in [5, 5.41) is 8.20. The number of carbonyl (C=O) groups excluding carboxylic acids is 2. The van der Waals surface area contributed by atoms with Gasteiger partial charge in [0.1, 0.15) is 10.3 Å². The van der Waals surface area contributed by atoms with Crippen molar-refractivity contribution < 1.29 is 9.59 Å².